The topological polar surface area (TPSA) is 9.23 Å². The van der Waals surface area contributed by atoms with Crippen molar-refractivity contribution in [1.29, 1.82) is 0 Å². The van der Waals surface area contributed by atoms with Crippen LogP contribution in [0.15, 0.2) is 45.3 Å². The lowest BCUT2D eigenvalue weighted by Gasteiger charge is -2.14. The summed E-state index contributed by atoms with van der Waals surface area (Å²) in [5, 5.41) is -0.203. The standard InChI is InChI=1S/C14H10Br2ClIO/c1-19-13-5-2-8(6-12(13)16)14(17)10-7-9(18)3-4-11(10)15/h2-7,14H,1H3. The second-order valence-corrected chi connectivity index (χ2v) is 7.31. The highest BCUT2D eigenvalue weighted by molar-refractivity contribution is 14.1. The van der Waals surface area contributed by atoms with Crippen molar-refractivity contribution in [3.8, 4) is 5.75 Å². The Balaban J connectivity index is 2.41. The van der Waals surface area contributed by atoms with Gasteiger partial charge in [-0.3, -0.25) is 0 Å². The smallest absolute Gasteiger partial charge is 0.133 e. The van der Waals surface area contributed by atoms with Crippen LogP contribution in [0.2, 0.25) is 0 Å². The van der Waals surface area contributed by atoms with Gasteiger partial charge in [0.05, 0.1) is 17.0 Å². The van der Waals surface area contributed by atoms with Crippen molar-refractivity contribution < 1.29 is 4.74 Å². The molecule has 0 amide bonds. The van der Waals surface area contributed by atoms with Gasteiger partial charge in [-0.1, -0.05) is 22.0 Å². The molecule has 0 saturated carbocycles. The Morgan fingerprint density at radius 1 is 1.11 bits per heavy atom. The Morgan fingerprint density at radius 2 is 1.84 bits per heavy atom. The van der Waals surface area contributed by atoms with E-state index in [0.29, 0.717) is 0 Å². The second-order valence-electron chi connectivity index (χ2n) is 3.92. The molecule has 0 fully saturated rings. The Hall–Kier alpha value is 0.220. The van der Waals surface area contributed by atoms with Crippen molar-refractivity contribution in [2.75, 3.05) is 7.11 Å². The molecule has 1 atom stereocenters. The maximum atomic E-state index is 6.58. The minimum absolute atomic E-state index is 0.203. The Morgan fingerprint density at radius 3 is 2.47 bits per heavy atom. The highest BCUT2D eigenvalue weighted by Crippen LogP contribution is 2.37. The number of rotatable bonds is 3. The van der Waals surface area contributed by atoms with Crippen molar-refractivity contribution in [2.24, 2.45) is 0 Å². The number of alkyl halides is 1. The first-order valence-corrected chi connectivity index (χ1v) is 8.55. The minimum Gasteiger partial charge on any atom is -0.496 e. The summed E-state index contributed by atoms with van der Waals surface area (Å²) >= 11 is 15.9. The second kappa shape index (κ2) is 6.78. The molecule has 0 aliphatic heterocycles. The Bertz CT molecular complexity index is 604. The van der Waals surface area contributed by atoms with E-state index in [9.17, 15) is 0 Å². The van der Waals surface area contributed by atoms with Crippen LogP contribution in [0.3, 0.4) is 0 Å². The molecule has 0 aliphatic carbocycles. The molecule has 0 aliphatic rings. The van der Waals surface area contributed by atoms with Crippen LogP contribution in [0, 0.1) is 3.57 Å². The lowest BCUT2D eigenvalue weighted by atomic mass is 10.0. The van der Waals surface area contributed by atoms with Gasteiger partial charge < -0.3 is 4.74 Å². The van der Waals surface area contributed by atoms with E-state index < -0.39 is 0 Å². The van der Waals surface area contributed by atoms with Gasteiger partial charge in [0, 0.05) is 8.04 Å². The molecule has 5 heteroatoms. The molecule has 100 valence electrons. The van der Waals surface area contributed by atoms with Gasteiger partial charge >= 0.3 is 0 Å². The highest BCUT2D eigenvalue weighted by atomic mass is 127. The third-order valence-corrected chi connectivity index (χ3v) is 5.20. The van der Waals surface area contributed by atoms with E-state index in [1.165, 1.54) is 0 Å². The van der Waals surface area contributed by atoms with Gasteiger partial charge in [0.2, 0.25) is 0 Å². The fourth-order valence-electron chi connectivity index (χ4n) is 1.73. The molecule has 0 spiro atoms. The number of ether oxygens (including phenoxy) is 1. The quantitative estimate of drug-likeness (QED) is 0.351. The molecule has 0 aromatic heterocycles. The Labute approximate surface area is 148 Å². The third kappa shape index (κ3) is 3.65. The molecule has 2 aromatic carbocycles. The SMILES string of the molecule is COc1ccc(C(Cl)c2cc(I)ccc2Br)cc1Br. The van der Waals surface area contributed by atoms with Crippen molar-refractivity contribution >= 4 is 66.1 Å². The summed E-state index contributed by atoms with van der Waals surface area (Å²) in [6.45, 7) is 0. The van der Waals surface area contributed by atoms with Crippen molar-refractivity contribution in [3.05, 3.63) is 60.0 Å². The predicted molar refractivity (Wildman–Crippen MR) is 95.2 cm³/mol. The first-order valence-electron chi connectivity index (χ1n) is 5.45. The molecule has 1 nitrogen and oxygen atoms in total. The molecule has 0 heterocycles. The summed E-state index contributed by atoms with van der Waals surface area (Å²) in [5.74, 6) is 0.800. The van der Waals surface area contributed by atoms with E-state index in [2.05, 4.69) is 60.5 Å². The monoisotopic (exact) mass is 514 g/mol. The Kier molecular flexibility index (Phi) is 5.57. The number of halogens is 4. The van der Waals surface area contributed by atoms with Gasteiger partial charge in [0.15, 0.2) is 0 Å². The average molecular weight is 516 g/mol. The maximum Gasteiger partial charge on any atom is 0.133 e. The summed E-state index contributed by atoms with van der Waals surface area (Å²) in [6, 6.07) is 12.0. The fourth-order valence-corrected chi connectivity index (χ4v) is 3.73. The first kappa shape index (κ1) is 15.6. The molecular weight excluding hydrogens is 506 g/mol. The van der Waals surface area contributed by atoms with Crippen LogP contribution >= 0.6 is 66.1 Å². The van der Waals surface area contributed by atoms with E-state index in [1.54, 1.807) is 7.11 Å². The molecule has 1 unspecified atom stereocenters. The maximum absolute atomic E-state index is 6.58. The van der Waals surface area contributed by atoms with Gasteiger partial charge in [0.25, 0.3) is 0 Å². The average Bonchev–Trinajstić information content (AvgIpc) is 2.40. The molecule has 0 saturated heterocycles. The summed E-state index contributed by atoms with van der Waals surface area (Å²) < 4.78 is 8.31. The van der Waals surface area contributed by atoms with Gasteiger partial charge in [-0.05, 0) is 80.0 Å². The van der Waals surface area contributed by atoms with Crippen molar-refractivity contribution in [3.63, 3.8) is 0 Å². The lowest BCUT2D eigenvalue weighted by molar-refractivity contribution is 0.412. The van der Waals surface area contributed by atoms with E-state index in [-0.39, 0.29) is 5.38 Å². The largest absolute Gasteiger partial charge is 0.496 e. The van der Waals surface area contributed by atoms with Crippen LogP contribution in [0.4, 0.5) is 0 Å². The molecule has 2 aromatic rings. The van der Waals surface area contributed by atoms with Crippen LogP contribution in [-0.4, -0.2) is 7.11 Å². The fraction of sp³-hybridized carbons (Fsp3) is 0.143. The zero-order chi connectivity index (χ0) is 14.0. The minimum atomic E-state index is -0.203. The van der Waals surface area contributed by atoms with Crippen LogP contribution in [0.25, 0.3) is 0 Å². The zero-order valence-electron chi connectivity index (χ0n) is 9.96. The zero-order valence-corrected chi connectivity index (χ0v) is 16.0. The van der Waals surface area contributed by atoms with E-state index >= 15 is 0 Å². The molecule has 0 radical (unpaired) electrons. The van der Waals surface area contributed by atoms with Gasteiger partial charge in [0.1, 0.15) is 5.75 Å². The van der Waals surface area contributed by atoms with Crippen LogP contribution < -0.4 is 4.74 Å². The van der Waals surface area contributed by atoms with E-state index in [0.717, 1.165) is 29.4 Å². The summed E-state index contributed by atoms with van der Waals surface area (Å²) in [4.78, 5) is 0. The van der Waals surface area contributed by atoms with Crippen LogP contribution in [0.5, 0.6) is 5.75 Å². The summed E-state index contributed by atoms with van der Waals surface area (Å²) in [5.41, 5.74) is 2.09. The molecular formula is C14H10Br2ClIO. The summed E-state index contributed by atoms with van der Waals surface area (Å²) in [6.07, 6.45) is 0. The first-order chi connectivity index (χ1) is 9.02. The molecule has 2 rings (SSSR count). The van der Waals surface area contributed by atoms with Crippen LogP contribution in [0.1, 0.15) is 16.5 Å². The lowest BCUT2D eigenvalue weighted by Crippen LogP contribution is -1.96. The molecule has 19 heavy (non-hydrogen) atoms. The van der Waals surface area contributed by atoms with E-state index in [1.807, 2.05) is 30.3 Å². The van der Waals surface area contributed by atoms with Gasteiger partial charge in [-0.25, -0.2) is 0 Å². The molecule has 0 bridgehead atoms. The van der Waals surface area contributed by atoms with Crippen LogP contribution in [-0.2, 0) is 0 Å². The van der Waals surface area contributed by atoms with Gasteiger partial charge in [-0.2, -0.15) is 0 Å². The van der Waals surface area contributed by atoms with Crippen molar-refractivity contribution in [2.45, 2.75) is 5.38 Å². The normalized spacial score (nSPS) is 12.3. The molecule has 0 N–H and O–H groups in total. The number of methoxy groups -OCH3 is 1. The number of hydrogen-bond acceptors (Lipinski definition) is 1. The number of hydrogen-bond donors (Lipinski definition) is 0. The van der Waals surface area contributed by atoms with Gasteiger partial charge in [-0.15, -0.1) is 11.6 Å². The predicted octanol–water partition coefficient (Wildman–Crippen LogP) is 6.15. The summed E-state index contributed by atoms with van der Waals surface area (Å²) in [7, 11) is 1.65. The number of benzene rings is 2. The van der Waals surface area contributed by atoms with Crippen molar-refractivity contribution in [1.82, 2.24) is 0 Å². The third-order valence-electron chi connectivity index (χ3n) is 2.70. The highest BCUT2D eigenvalue weighted by Gasteiger charge is 2.15. The van der Waals surface area contributed by atoms with E-state index in [4.69, 9.17) is 16.3 Å².